The number of aryl methyl sites for hydroxylation is 2. The van der Waals surface area contributed by atoms with Crippen molar-refractivity contribution in [2.24, 2.45) is 5.92 Å². The molecule has 2 aliphatic heterocycles. The van der Waals surface area contributed by atoms with Crippen molar-refractivity contribution in [1.29, 1.82) is 0 Å². The Morgan fingerprint density at radius 3 is 2.81 bits per heavy atom. The lowest BCUT2D eigenvalue weighted by Crippen LogP contribution is -2.58. The molecular weight excluding hydrogens is 396 g/mol. The summed E-state index contributed by atoms with van der Waals surface area (Å²) >= 11 is 0. The van der Waals surface area contributed by atoms with Gasteiger partial charge in [0.25, 0.3) is 0 Å². The molecule has 1 aromatic heterocycles. The number of anilines is 1. The molecule has 0 aliphatic carbocycles. The van der Waals surface area contributed by atoms with Gasteiger partial charge < -0.3 is 19.5 Å². The largest absolute Gasteiger partial charge is 0.490 e. The van der Waals surface area contributed by atoms with Crippen LogP contribution in [-0.4, -0.2) is 65.6 Å². The highest BCUT2D eigenvalue weighted by Crippen LogP contribution is 2.34. The zero-order chi connectivity index (χ0) is 22.1. The quantitative estimate of drug-likeness (QED) is 0.812. The number of hydrogen-bond acceptors (Lipinski definition) is 6. The summed E-state index contributed by atoms with van der Waals surface area (Å²) in [6, 6.07) is 5.70. The monoisotopic (exact) mass is 426 g/mol. The Hall–Kier alpha value is -2.87. The minimum absolute atomic E-state index is 0.0243. The fourth-order valence-electron chi connectivity index (χ4n) is 4.33. The number of ether oxygens (including phenoxy) is 1. The number of piperazine rings is 1. The molecule has 31 heavy (non-hydrogen) atoms. The number of carbonyl (C=O) groups excluding carboxylic acids is 2. The minimum atomic E-state index is -0.0883. The number of fused-ring (bicyclic) bond motifs is 2. The molecule has 8 nitrogen and oxygen atoms in total. The van der Waals surface area contributed by atoms with E-state index < -0.39 is 0 Å². The van der Waals surface area contributed by atoms with E-state index in [1.165, 1.54) is 0 Å². The van der Waals surface area contributed by atoms with Gasteiger partial charge in [-0.05, 0) is 37.5 Å². The summed E-state index contributed by atoms with van der Waals surface area (Å²) in [5.41, 5.74) is 3.28. The van der Waals surface area contributed by atoms with Crippen LogP contribution < -0.4 is 10.1 Å². The molecule has 1 atom stereocenters. The predicted molar refractivity (Wildman–Crippen MR) is 117 cm³/mol. The number of hydrogen-bond donors (Lipinski definition) is 1. The van der Waals surface area contributed by atoms with E-state index in [1.807, 2.05) is 36.9 Å². The number of nitrogens with one attached hydrogen (secondary N) is 1. The molecule has 0 spiro atoms. The van der Waals surface area contributed by atoms with Crippen molar-refractivity contribution < 1.29 is 18.8 Å². The summed E-state index contributed by atoms with van der Waals surface area (Å²) in [7, 11) is 0. The third kappa shape index (κ3) is 4.58. The molecule has 1 aromatic carbocycles. The number of amides is 2. The first-order valence-electron chi connectivity index (χ1n) is 10.8. The first-order valence-corrected chi connectivity index (χ1v) is 10.8. The van der Waals surface area contributed by atoms with Crippen molar-refractivity contribution in [3.8, 4) is 16.9 Å². The lowest BCUT2D eigenvalue weighted by molar-refractivity contribution is -0.135. The Bertz CT molecular complexity index is 964. The summed E-state index contributed by atoms with van der Waals surface area (Å²) < 4.78 is 11.4. The molecule has 3 heterocycles. The lowest BCUT2D eigenvalue weighted by atomic mass is 10.0. The van der Waals surface area contributed by atoms with Gasteiger partial charge in [0.2, 0.25) is 11.8 Å². The smallest absolute Gasteiger partial charge is 0.238 e. The van der Waals surface area contributed by atoms with Gasteiger partial charge in [0.1, 0.15) is 18.1 Å². The van der Waals surface area contributed by atoms with Gasteiger partial charge in [-0.25, -0.2) is 0 Å². The van der Waals surface area contributed by atoms with Crippen LogP contribution in [0.2, 0.25) is 0 Å². The Morgan fingerprint density at radius 2 is 2.10 bits per heavy atom. The van der Waals surface area contributed by atoms with E-state index in [4.69, 9.17) is 9.26 Å². The number of carbonyl (C=O) groups is 2. The maximum absolute atomic E-state index is 12.8. The van der Waals surface area contributed by atoms with E-state index in [0.717, 1.165) is 22.6 Å². The van der Waals surface area contributed by atoms with E-state index in [9.17, 15) is 9.59 Å². The summed E-state index contributed by atoms with van der Waals surface area (Å²) in [5, 5.41) is 7.02. The summed E-state index contributed by atoms with van der Waals surface area (Å²) in [6.45, 7) is 10.4. The number of aromatic nitrogens is 1. The third-order valence-corrected chi connectivity index (χ3v) is 5.89. The van der Waals surface area contributed by atoms with E-state index in [2.05, 4.69) is 29.2 Å². The molecule has 2 amide bonds. The van der Waals surface area contributed by atoms with Crippen LogP contribution in [0, 0.1) is 19.8 Å². The Labute approximate surface area is 182 Å². The van der Waals surface area contributed by atoms with Crippen molar-refractivity contribution in [3.05, 3.63) is 29.7 Å². The summed E-state index contributed by atoms with van der Waals surface area (Å²) in [4.78, 5) is 29.3. The molecule has 0 saturated carbocycles. The fraction of sp³-hybridized carbons (Fsp3) is 0.522. The maximum Gasteiger partial charge on any atom is 0.238 e. The first kappa shape index (κ1) is 21.4. The van der Waals surface area contributed by atoms with Gasteiger partial charge in [0.15, 0.2) is 0 Å². The van der Waals surface area contributed by atoms with Crippen LogP contribution in [0.4, 0.5) is 5.69 Å². The van der Waals surface area contributed by atoms with Gasteiger partial charge in [0, 0.05) is 31.6 Å². The van der Waals surface area contributed by atoms with Gasteiger partial charge >= 0.3 is 0 Å². The molecular formula is C23H30N4O4. The van der Waals surface area contributed by atoms with Crippen molar-refractivity contribution in [2.75, 3.05) is 38.1 Å². The number of nitrogens with zero attached hydrogens (tertiary/aromatic N) is 3. The topological polar surface area (TPSA) is 87.9 Å². The van der Waals surface area contributed by atoms with Gasteiger partial charge in [-0.3, -0.25) is 14.5 Å². The second-order valence-electron chi connectivity index (χ2n) is 8.83. The summed E-state index contributed by atoms with van der Waals surface area (Å²) in [6.07, 6.45) is 0.543. The molecule has 2 aromatic rings. The number of benzene rings is 1. The van der Waals surface area contributed by atoms with Crippen molar-refractivity contribution in [2.45, 2.75) is 40.2 Å². The van der Waals surface area contributed by atoms with Gasteiger partial charge in [0.05, 0.1) is 24.0 Å². The average Bonchev–Trinajstić information content (AvgIpc) is 3.07. The Kier molecular flexibility index (Phi) is 6.00. The molecule has 166 valence electrons. The fourth-order valence-corrected chi connectivity index (χ4v) is 4.33. The van der Waals surface area contributed by atoms with Crippen LogP contribution in [0.25, 0.3) is 11.1 Å². The summed E-state index contributed by atoms with van der Waals surface area (Å²) in [5.74, 6) is 1.76. The highest BCUT2D eigenvalue weighted by molar-refractivity contribution is 5.95. The van der Waals surface area contributed by atoms with Crippen molar-refractivity contribution >= 4 is 17.5 Å². The molecule has 0 unspecified atom stereocenters. The van der Waals surface area contributed by atoms with Crippen molar-refractivity contribution in [1.82, 2.24) is 15.0 Å². The lowest BCUT2D eigenvalue weighted by Gasteiger charge is -2.40. The molecule has 8 heteroatoms. The Balaban J connectivity index is 1.55. The molecule has 0 radical (unpaired) electrons. The highest BCUT2D eigenvalue weighted by atomic mass is 16.5. The van der Waals surface area contributed by atoms with Gasteiger partial charge in [-0.15, -0.1) is 0 Å². The standard InChI is InChI=1S/C23H30N4O4/c1-14(2)9-22(29)27-8-7-26-12-21(28)24-19-10-17(23-15(3)25-31-16(23)4)5-6-20(19)30-13-18(26)11-27/h5-6,10,14,18H,7-9,11-13H2,1-4H3,(H,24,28)/t18-/m1/s1. The minimum Gasteiger partial charge on any atom is -0.490 e. The van der Waals surface area contributed by atoms with Crippen molar-refractivity contribution in [3.63, 3.8) is 0 Å². The maximum atomic E-state index is 12.8. The second kappa shape index (κ2) is 8.70. The predicted octanol–water partition coefficient (Wildman–Crippen LogP) is 2.85. The molecule has 2 aliphatic rings. The number of rotatable bonds is 3. The van der Waals surface area contributed by atoms with E-state index in [-0.39, 0.29) is 24.4 Å². The van der Waals surface area contributed by atoms with E-state index in [0.29, 0.717) is 50.0 Å². The van der Waals surface area contributed by atoms with Crippen LogP contribution in [0.3, 0.4) is 0 Å². The van der Waals surface area contributed by atoms with Crippen LogP contribution in [0.5, 0.6) is 5.75 Å². The van der Waals surface area contributed by atoms with Crippen LogP contribution in [0.1, 0.15) is 31.7 Å². The molecule has 1 fully saturated rings. The van der Waals surface area contributed by atoms with Crippen LogP contribution >= 0.6 is 0 Å². The zero-order valence-corrected chi connectivity index (χ0v) is 18.6. The first-order chi connectivity index (χ1) is 14.8. The normalized spacial score (nSPS) is 19.6. The Morgan fingerprint density at radius 1 is 1.29 bits per heavy atom. The van der Waals surface area contributed by atoms with E-state index in [1.54, 1.807) is 0 Å². The van der Waals surface area contributed by atoms with Gasteiger partial charge in [-0.1, -0.05) is 25.1 Å². The SMILES string of the molecule is Cc1noc(C)c1-c1ccc2c(c1)NC(=O)CN1CCN(C(=O)CC(C)C)C[C@@H]1CO2. The van der Waals surface area contributed by atoms with Crippen LogP contribution in [-0.2, 0) is 9.59 Å². The highest BCUT2D eigenvalue weighted by Gasteiger charge is 2.32. The molecule has 1 N–H and O–H groups in total. The van der Waals surface area contributed by atoms with Gasteiger partial charge in [-0.2, -0.15) is 0 Å². The molecule has 1 saturated heterocycles. The van der Waals surface area contributed by atoms with Crippen LogP contribution in [0.15, 0.2) is 22.7 Å². The zero-order valence-electron chi connectivity index (χ0n) is 18.6. The third-order valence-electron chi connectivity index (χ3n) is 5.89. The molecule has 4 rings (SSSR count). The molecule has 0 bridgehead atoms. The second-order valence-corrected chi connectivity index (χ2v) is 8.83. The van der Waals surface area contributed by atoms with E-state index >= 15 is 0 Å². The average molecular weight is 427 g/mol.